The second-order valence-corrected chi connectivity index (χ2v) is 7.54. The molecule has 4 heteroatoms. The van der Waals surface area contributed by atoms with Crippen molar-refractivity contribution in [3.63, 3.8) is 0 Å². The van der Waals surface area contributed by atoms with E-state index in [0.29, 0.717) is 6.04 Å². The first kappa shape index (κ1) is 18.0. The van der Waals surface area contributed by atoms with E-state index in [1.165, 1.54) is 4.88 Å². The third kappa shape index (κ3) is 4.73. The maximum Gasteiger partial charge on any atom is 0.0931 e. The lowest BCUT2D eigenvalue weighted by molar-refractivity contribution is 0.0914. The maximum atomic E-state index is 6.07. The smallest absolute Gasteiger partial charge is 0.0931 e. The van der Waals surface area contributed by atoms with Crippen LogP contribution in [0, 0.1) is 0 Å². The first-order valence-corrected chi connectivity index (χ1v) is 8.87. The summed E-state index contributed by atoms with van der Waals surface area (Å²) in [4.78, 5) is 3.90. The molecule has 2 nitrogen and oxygen atoms in total. The predicted molar refractivity (Wildman–Crippen MR) is 92.1 cm³/mol. The zero-order valence-electron chi connectivity index (χ0n) is 13.5. The van der Waals surface area contributed by atoms with Crippen molar-refractivity contribution in [1.29, 1.82) is 0 Å². The zero-order valence-corrected chi connectivity index (χ0v) is 15.1. The van der Waals surface area contributed by atoms with Crippen molar-refractivity contribution >= 4 is 22.9 Å². The van der Waals surface area contributed by atoms with Gasteiger partial charge in [-0.1, -0.05) is 32.4 Å². The van der Waals surface area contributed by atoms with E-state index in [4.69, 9.17) is 11.6 Å². The number of thiophene rings is 1. The standard InChI is InChI=1S/C16H29ClN2S/c1-6-11-18-14(12-13-9-10-15(17)20-13)16(4,5)19(7-2)8-3/h9-10,14,18H,6-8,11-12H2,1-5H3. The summed E-state index contributed by atoms with van der Waals surface area (Å²) in [6.45, 7) is 14.6. The Kier molecular flexibility index (Phi) is 7.52. The summed E-state index contributed by atoms with van der Waals surface area (Å²) in [5.41, 5.74) is 0.134. The quantitative estimate of drug-likeness (QED) is 0.725. The van der Waals surface area contributed by atoms with Crippen LogP contribution in [-0.4, -0.2) is 36.1 Å². The summed E-state index contributed by atoms with van der Waals surface area (Å²) in [5, 5.41) is 3.74. The van der Waals surface area contributed by atoms with Gasteiger partial charge in [-0.3, -0.25) is 4.90 Å². The molecule has 0 saturated carbocycles. The van der Waals surface area contributed by atoms with Crippen LogP contribution >= 0.6 is 22.9 Å². The summed E-state index contributed by atoms with van der Waals surface area (Å²) in [5.74, 6) is 0. The van der Waals surface area contributed by atoms with Crippen molar-refractivity contribution in [2.24, 2.45) is 0 Å². The number of nitrogens with zero attached hydrogens (tertiary/aromatic N) is 1. The van der Waals surface area contributed by atoms with Crippen LogP contribution in [-0.2, 0) is 6.42 Å². The zero-order chi connectivity index (χ0) is 15.2. The second-order valence-electron chi connectivity index (χ2n) is 5.74. The Balaban J connectivity index is 2.86. The van der Waals surface area contributed by atoms with Gasteiger partial charge < -0.3 is 5.32 Å². The molecular weight excluding hydrogens is 288 g/mol. The molecule has 0 bridgehead atoms. The van der Waals surface area contributed by atoms with E-state index in [1.54, 1.807) is 11.3 Å². The topological polar surface area (TPSA) is 15.3 Å². The number of nitrogens with one attached hydrogen (secondary N) is 1. The first-order chi connectivity index (χ1) is 9.45. The van der Waals surface area contributed by atoms with Crippen molar-refractivity contribution in [2.45, 2.75) is 59.0 Å². The van der Waals surface area contributed by atoms with E-state index >= 15 is 0 Å². The van der Waals surface area contributed by atoms with Crippen molar-refractivity contribution in [3.05, 3.63) is 21.3 Å². The van der Waals surface area contributed by atoms with E-state index in [0.717, 1.165) is 36.8 Å². The lowest BCUT2D eigenvalue weighted by Crippen LogP contribution is -2.58. The number of rotatable bonds is 9. The van der Waals surface area contributed by atoms with Gasteiger partial charge in [-0.2, -0.15) is 0 Å². The molecule has 0 aliphatic heterocycles. The number of likely N-dealkylation sites (N-methyl/N-ethyl adjacent to an activating group) is 1. The van der Waals surface area contributed by atoms with Gasteiger partial charge >= 0.3 is 0 Å². The van der Waals surface area contributed by atoms with Crippen molar-refractivity contribution in [3.8, 4) is 0 Å². The van der Waals surface area contributed by atoms with Gasteiger partial charge in [-0.25, -0.2) is 0 Å². The van der Waals surface area contributed by atoms with Crippen LogP contribution in [0.15, 0.2) is 12.1 Å². The first-order valence-electron chi connectivity index (χ1n) is 7.68. The Morgan fingerprint density at radius 1 is 1.25 bits per heavy atom. The fourth-order valence-electron chi connectivity index (χ4n) is 2.81. The Labute approximate surface area is 133 Å². The molecule has 0 aromatic carbocycles. The molecule has 1 aromatic heterocycles. The molecule has 1 aromatic rings. The molecule has 116 valence electrons. The van der Waals surface area contributed by atoms with Gasteiger partial charge in [-0.05, 0) is 58.5 Å². The third-order valence-corrected chi connectivity index (χ3v) is 5.36. The minimum Gasteiger partial charge on any atom is -0.312 e. The van der Waals surface area contributed by atoms with Crippen LogP contribution in [0.1, 0.15) is 45.9 Å². The highest BCUT2D eigenvalue weighted by Gasteiger charge is 2.33. The van der Waals surface area contributed by atoms with Gasteiger partial charge in [0.25, 0.3) is 0 Å². The molecule has 0 aliphatic rings. The van der Waals surface area contributed by atoms with Crippen LogP contribution in [0.3, 0.4) is 0 Å². The van der Waals surface area contributed by atoms with Gasteiger partial charge in [-0.15, -0.1) is 11.3 Å². The number of hydrogen-bond donors (Lipinski definition) is 1. The van der Waals surface area contributed by atoms with Crippen molar-refractivity contribution in [1.82, 2.24) is 10.2 Å². The fraction of sp³-hybridized carbons (Fsp3) is 0.750. The van der Waals surface area contributed by atoms with Crippen LogP contribution < -0.4 is 5.32 Å². The molecule has 0 radical (unpaired) electrons. The summed E-state index contributed by atoms with van der Waals surface area (Å²) >= 11 is 7.77. The lowest BCUT2D eigenvalue weighted by Gasteiger charge is -2.44. The SMILES string of the molecule is CCCNC(Cc1ccc(Cl)s1)C(C)(C)N(CC)CC. The minimum atomic E-state index is 0.134. The fourth-order valence-corrected chi connectivity index (χ4v) is 3.94. The molecule has 1 N–H and O–H groups in total. The van der Waals surface area contributed by atoms with Gasteiger partial charge in [0.1, 0.15) is 0 Å². The normalized spacial score (nSPS) is 13.9. The molecule has 0 saturated heterocycles. The Bertz CT molecular complexity index is 386. The molecule has 0 spiro atoms. The largest absolute Gasteiger partial charge is 0.312 e. The Morgan fingerprint density at radius 2 is 1.90 bits per heavy atom. The Hall–Kier alpha value is -0.0900. The predicted octanol–water partition coefficient (Wildman–Crippen LogP) is 4.43. The highest BCUT2D eigenvalue weighted by Crippen LogP contribution is 2.27. The van der Waals surface area contributed by atoms with Gasteiger partial charge in [0, 0.05) is 16.5 Å². The average molecular weight is 317 g/mol. The highest BCUT2D eigenvalue weighted by atomic mass is 35.5. The van der Waals surface area contributed by atoms with Gasteiger partial charge in [0.15, 0.2) is 0 Å². The monoisotopic (exact) mass is 316 g/mol. The van der Waals surface area contributed by atoms with Crippen LogP contribution in [0.5, 0.6) is 0 Å². The maximum absolute atomic E-state index is 6.07. The van der Waals surface area contributed by atoms with E-state index in [9.17, 15) is 0 Å². The highest BCUT2D eigenvalue weighted by molar-refractivity contribution is 7.16. The second kappa shape index (κ2) is 8.38. The molecule has 0 aliphatic carbocycles. The molecule has 20 heavy (non-hydrogen) atoms. The lowest BCUT2D eigenvalue weighted by atomic mass is 9.89. The molecule has 1 atom stereocenters. The van der Waals surface area contributed by atoms with E-state index in [1.807, 2.05) is 6.07 Å². The van der Waals surface area contributed by atoms with Crippen molar-refractivity contribution in [2.75, 3.05) is 19.6 Å². The van der Waals surface area contributed by atoms with Crippen LogP contribution in [0.2, 0.25) is 4.34 Å². The molecule has 0 amide bonds. The van der Waals surface area contributed by atoms with Crippen LogP contribution in [0.25, 0.3) is 0 Å². The van der Waals surface area contributed by atoms with E-state index in [-0.39, 0.29) is 5.54 Å². The molecule has 0 fully saturated rings. The molecule has 1 rings (SSSR count). The Morgan fingerprint density at radius 3 is 2.35 bits per heavy atom. The average Bonchev–Trinajstić information content (AvgIpc) is 2.81. The molecule has 1 unspecified atom stereocenters. The summed E-state index contributed by atoms with van der Waals surface area (Å²) in [6.07, 6.45) is 2.21. The third-order valence-electron chi connectivity index (χ3n) is 4.11. The molecular formula is C16H29ClN2S. The number of hydrogen-bond acceptors (Lipinski definition) is 3. The van der Waals surface area contributed by atoms with E-state index in [2.05, 4.69) is 50.9 Å². The minimum absolute atomic E-state index is 0.134. The van der Waals surface area contributed by atoms with E-state index < -0.39 is 0 Å². The van der Waals surface area contributed by atoms with Crippen molar-refractivity contribution < 1.29 is 0 Å². The summed E-state index contributed by atoms with van der Waals surface area (Å²) in [6, 6.07) is 4.60. The number of halogens is 1. The molecule has 1 heterocycles. The summed E-state index contributed by atoms with van der Waals surface area (Å²) in [7, 11) is 0. The van der Waals surface area contributed by atoms with Crippen LogP contribution in [0.4, 0.5) is 0 Å². The summed E-state index contributed by atoms with van der Waals surface area (Å²) < 4.78 is 0.884. The van der Waals surface area contributed by atoms with Gasteiger partial charge in [0.05, 0.1) is 4.34 Å². The van der Waals surface area contributed by atoms with Gasteiger partial charge in [0.2, 0.25) is 0 Å².